The fourth-order valence-electron chi connectivity index (χ4n) is 4.16. The highest BCUT2D eigenvalue weighted by Gasteiger charge is 2.40. The summed E-state index contributed by atoms with van der Waals surface area (Å²) in [5.74, 6) is -0.380. The summed E-state index contributed by atoms with van der Waals surface area (Å²) in [6, 6.07) is 3.81. The maximum Gasteiger partial charge on any atom is 0.340 e. The predicted octanol–water partition coefficient (Wildman–Crippen LogP) is 3.49. The van der Waals surface area contributed by atoms with Crippen molar-refractivity contribution in [3.05, 3.63) is 39.8 Å². The van der Waals surface area contributed by atoms with Gasteiger partial charge < -0.3 is 15.0 Å². The van der Waals surface area contributed by atoms with Crippen molar-refractivity contribution < 1.29 is 9.53 Å². The van der Waals surface area contributed by atoms with E-state index in [-0.39, 0.29) is 17.6 Å². The van der Waals surface area contributed by atoms with Gasteiger partial charge in [0.1, 0.15) is 5.60 Å². The third kappa shape index (κ3) is 2.07. The van der Waals surface area contributed by atoms with E-state index >= 15 is 0 Å². The molecule has 0 bridgehead atoms. The van der Waals surface area contributed by atoms with Crippen molar-refractivity contribution in [3.8, 4) is 0 Å². The highest BCUT2D eigenvalue weighted by Crippen LogP contribution is 2.41. The maximum atomic E-state index is 13.0. The van der Waals surface area contributed by atoms with E-state index in [1.807, 2.05) is 26.1 Å². The first-order chi connectivity index (χ1) is 11.4. The molecule has 0 amide bonds. The van der Waals surface area contributed by atoms with Crippen LogP contribution in [0.3, 0.4) is 0 Å². The lowest BCUT2D eigenvalue weighted by molar-refractivity contribution is 0.00962. The first kappa shape index (κ1) is 15.2. The van der Waals surface area contributed by atoms with E-state index in [0.29, 0.717) is 22.0 Å². The number of fused-ring (bicyclic) bond motifs is 3. The van der Waals surface area contributed by atoms with Gasteiger partial charge in [-0.05, 0) is 38.8 Å². The van der Waals surface area contributed by atoms with Crippen LogP contribution < -0.4 is 11.3 Å². The Morgan fingerprint density at radius 1 is 1.21 bits per heavy atom. The van der Waals surface area contributed by atoms with Crippen LogP contribution in [0.25, 0.3) is 10.8 Å². The average Bonchev–Trinajstić information content (AvgIpc) is 2.77. The summed E-state index contributed by atoms with van der Waals surface area (Å²) in [5, 5.41) is 1.05. The monoisotopic (exact) mass is 326 g/mol. The van der Waals surface area contributed by atoms with E-state index in [1.54, 1.807) is 10.6 Å². The first-order valence-electron chi connectivity index (χ1n) is 8.61. The minimum absolute atomic E-state index is 0.0998. The number of cyclic esters (lactones) is 1. The molecule has 2 aromatic rings. The van der Waals surface area contributed by atoms with E-state index in [9.17, 15) is 9.59 Å². The van der Waals surface area contributed by atoms with Gasteiger partial charge >= 0.3 is 5.97 Å². The number of pyridine rings is 1. The van der Waals surface area contributed by atoms with Gasteiger partial charge in [-0.25, -0.2) is 4.79 Å². The topological polar surface area (TPSA) is 74.3 Å². The van der Waals surface area contributed by atoms with Gasteiger partial charge in [0.15, 0.2) is 0 Å². The van der Waals surface area contributed by atoms with Crippen LogP contribution >= 0.6 is 0 Å². The van der Waals surface area contributed by atoms with Gasteiger partial charge in [0.05, 0.1) is 10.9 Å². The molecule has 0 saturated heterocycles. The molecule has 2 heterocycles. The number of ether oxygens (including phenoxy) is 1. The summed E-state index contributed by atoms with van der Waals surface area (Å²) in [7, 11) is 0. The lowest BCUT2D eigenvalue weighted by Crippen LogP contribution is -2.26. The number of nitrogens with zero attached hydrogens (tertiary/aromatic N) is 1. The fraction of sp³-hybridized carbons (Fsp3) is 0.474. The minimum atomic E-state index is -0.715. The number of esters is 1. The summed E-state index contributed by atoms with van der Waals surface area (Å²) in [4.78, 5) is 25.4. The van der Waals surface area contributed by atoms with E-state index in [2.05, 4.69) is 0 Å². The predicted molar refractivity (Wildman–Crippen MR) is 93.2 cm³/mol. The van der Waals surface area contributed by atoms with Gasteiger partial charge in [0.25, 0.3) is 5.56 Å². The van der Waals surface area contributed by atoms with E-state index < -0.39 is 5.60 Å². The average molecular weight is 326 g/mol. The zero-order valence-corrected chi connectivity index (χ0v) is 14.1. The van der Waals surface area contributed by atoms with Crippen molar-refractivity contribution in [1.82, 2.24) is 4.57 Å². The Hall–Kier alpha value is -2.30. The van der Waals surface area contributed by atoms with E-state index in [1.165, 1.54) is 6.42 Å². The molecule has 4 rings (SSSR count). The van der Waals surface area contributed by atoms with Crippen LogP contribution in [0.5, 0.6) is 0 Å². The van der Waals surface area contributed by atoms with Crippen LogP contribution in [-0.2, 0) is 10.3 Å². The van der Waals surface area contributed by atoms with Crippen molar-refractivity contribution >= 4 is 22.4 Å². The standard InChI is InChI=1S/C19H22N2O3/c1-19(2)13-10-14(20)16-12(15(13)18(23)24-19)8-9-21(17(16)22)11-6-4-3-5-7-11/h8-11H,3-7,20H2,1-2H3. The molecule has 24 heavy (non-hydrogen) atoms. The van der Waals surface area contributed by atoms with Gasteiger partial charge in [0, 0.05) is 28.9 Å². The summed E-state index contributed by atoms with van der Waals surface area (Å²) in [6.45, 7) is 3.68. The lowest BCUT2D eigenvalue weighted by Gasteiger charge is -2.24. The van der Waals surface area contributed by atoms with Crippen LogP contribution in [0.2, 0.25) is 0 Å². The summed E-state index contributed by atoms with van der Waals surface area (Å²) < 4.78 is 7.27. The normalized spacial score (nSPS) is 20.2. The highest BCUT2D eigenvalue weighted by molar-refractivity contribution is 6.11. The molecule has 5 heteroatoms. The number of aromatic nitrogens is 1. The first-order valence-corrected chi connectivity index (χ1v) is 8.61. The zero-order valence-electron chi connectivity index (χ0n) is 14.1. The number of hydrogen-bond acceptors (Lipinski definition) is 4. The summed E-state index contributed by atoms with van der Waals surface area (Å²) >= 11 is 0. The third-order valence-corrected chi connectivity index (χ3v) is 5.42. The van der Waals surface area contributed by atoms with Crippen LogP contribution in [0.15, 0.2) is 23.1 Å². The largest absolute Gasteiger partial charge is 0.451 e. The number of rotatable bonds is 1. The molecule has 0 atom stereocenters. The van der Waals surface area contributed by atoms with Crippen molar-refractivity contribution in [1.29, 1.82) is 0 Å². The van der Waals surface area contributed by atoms with Crippen molar-refractivity contribution in [2.75, 3.05) is 5.73 Å². The SMILES string of the molecule is CC1(C)OC(=O)c2c1cc(N)c1c(=O)n(C3CCCCC3)ccc21. The minimum Gasteiger partial charge on any atom is -0.451 e. The van der Waals surface area contributed by atoms with E-state index in [0.717, 1.165) is 31.2 Å². The highest BCUT2D eigenvalue weighted by atomic mass is 16.6. The Kier molecular flexibility index (Phi) is 3.24. The molecule has 2 aliphatic rings. The molecular weight excluding hydrogens is 304 g/mol. The van der Waals surface area contributed by atoms with Gasteiger partial charge in [-0.15, -0.1) is 0 Å². The third-order valence-electron chi connectivity index (χ3n) is 5.42. The molecular formula is C19H22N2O3. The second-order valence-corrected chi connectivity index (χ2v) is 7.40. The van der Waals surface area contributed by atoms with Crippen LogP contribution in [-0.4, -0.2) is 10.5 Å². The molecule has 0 spiro atoms. The second kappa shape index (κ2) is 5.10. The number of carbonyl (C=O) groups is 1. The van der Waals surface area contributed by atoms with Crippen LogP contribution in [0.4, 0.5) is 5.69 Å². The molecule has 1 aliphatic heterocycles. The number of nitrogen functional groups attached to an aromatic ring is 1. The summed E-state index contributed by atoms with van der Waals surface area (Å²) in [5.41, 5.74) is 7.06. The van der Waals surface area contributed by atoms with Gasteiger partial charge in [-0.3, -0.25) is 4.79 Å². The molecule has 1 aliphatic carbocycles. The van der Waals surface area contributed by atoms with Gasteiger partial charge in [-0.1, -0.05) is 19.3 Å². The quantitative estimate of drug-likeness (QED) is 0.643. The van der Waals surface area contributed by atoms with Crippen molar-refractivity contribution in [2.45, 2.75) is 57.6 Å². The molecule has 5 nitrogen and oxygen atoms in total. The van der Waals surface area contributed by atoms with Crippen molar-refractivity contribution in [3.63, 3.8) is 0 Å². The Labute approximate surface area is 140 Å². The Morgan fingerprint density at radius 3 is 2.62 bits per heavy atom. The molecule has 1 aromatic heterocycles. The molecule has 126 valence electrons. The number of benzene rings is 1. The molecule has 1 saturated carbocycles. The molecule has 1 fully saturated rings. The second-order valence-electron chi connectivity index (χ2n) is 7.40. The Balaban J connectivity index is 1.98. The molecule has 0 unspecified atom stereocenters. The Bertz CT molecular complexity index is 905. The number of carbonyl (C=O) groups excluding carboxylic acids is 1. The Morgan fingerprint density at radius 2 is 1.92 bits per heavy atom. The van der Waals surface area contributed by atoms with Gasteiger partial charge in [0.2, 0.25) is 0 Å². The molecule has 1 aromatic carbocycles. The lowest BCUT2D eigenvalue weighted by atomic mass is 9.91. The molecule has 0 radical (unpaired) electrons. The molecule has 2 N–H and O–H groups in total. The smallest absolute Gasteiger partial charge is 0.340 e. The number of anilines is 1. The fourth-order valence-corrected chi connectivity index (χ4v) is 4.16. The number of hydrogen-bond donors (Lipinski definition) is 1. The van der Waals surface area contributed by atoms with Crippen molar-refractivity contribution in [2.24, 2.45) is 0 Å². The van der Waals surface area contributed by atoms with Crippen LogP contribution in [0, 0.1) is 0 Å². The van der Waals surface area contributed by atoms with E-state index in [4.69, 9.17) is 10.5 Å². The van der Waals surface area contributed by atoms with Gasteiger partial charge in [-0.2, -0.15) is 0 Å². The maximum absolute atomic E-state index is 13.0. The summed E-state index contributed by atoms with van der Waals surface area (Å²) in [6.07, 6.45) is 7.38. The van der Waals surface area contributed by atoms with Crippen LogP contribution in [0.1, 0.15) is 67.9 Å². The number of nitrogens with two attached hydrogens (primary N) is 1. The zero-order chi connectivity index (χ0) is 17.1.